The van der Waals surface area contributed by atoms with Crippen molar-refractivity contribution in [3.8, 4) is 0 Å². The summed E-state index contributed by atoms with van der Waals surface area (Å²) in [5.41, 5.74) is 0.266. The average Bonchev–Trinajstić information content (AvgIpc) is 2.78. The summed E-state index contributed by atoms with van der Waals surface area (Å²) in [6, 6.07) is 2.93. The minimum Gasteiger partial charge on any atom is -0.309 e. The van der Waals surface area contributed by atoms with Gasteiger partial charge in [0.1, 0.15) is 0 Å². The first-order valence-electron chi connectivity index (χ1n) is 7.64. The van der Waals surface area contributed by atoms with Crippen LogP contribution in [0.2, 0.25) is 0 Å². The SMILES string of the molecule is CCC1(C)CN(Cc2cc(Br)cs2)C(CC(C)C)CN1. The van der Waals surface area contributed by atoms with Crippen LogP contribution in [0.5, 0.6) is 0 Å². The molecule has 0 amide bonds. The summed E-state index contributed by atoms with van der Waals surface area (Å²) in [7, 11) is 0. The van der Waals surface area contributed by atoms with Gasteiger partial charge >= 0.3 is 0 Å². The largest absolute Gasteiger partial charge is 0.309 e. The van der Waals surface area contributed by atoms with Gasteiger partial charge in [0.15, 0.2) is 0 Å². The molecule has 2 nitrogen and oxygen atoms in total. The normalized spacial score (nSPS) is 28.2. The van der Waals surface area contributed by atoms with Crippen molar-refractivity contribution in [1.29, 1.82) is 0 Å². The summed E-state index contributed by atoms with van der Waals surface area (Å²) < 4.78 is 1.21. The van der Waals surface area contributed by atoms with Crippen LogP contribution in [0, 0.1) is 5.92 Å². The molecular formula is C16H27BrN2S. The van der Waals surface area contributed by atoms with Crippen molar-refractivity contribution in [3.05, 3.63) is 20.8 Å². The summed E-state index contributed by atoms with van der Waals surface area (Å²) in [5, 5.41) is 5.96. The van der Waals surface area contributed by atoms with Gasteiger partial charge < -0.3 is 5.32 Å². The van der Waals surface area contributed by atoms with Crippen LogP contribution in [0.15, 0.2) is 15.9 Å². The second-order valence-corrected chi connectivity index (χ2v) is 8.63. The highest BCUT2D eigenvalue weighted by Gasteiger charge is 2.34. The zero-order chi connectivity index (χ0) is 14.8. The third-order valence-corrected chi connectivity index (χ3v) is 6.02. The standard InChI is InChI=1S/C16H27BrN2S/c1-5-16(4)11-19(9-15-7-13(17)10-20-15)14(8-18-16)6-12(2)3/h7,10,12,14,18H,5-6,8-9,11H2,1-4H3. The van der Waals surface area contributed by atoms with Gasteiger partial charge in [-0.2, -0.15) is 0 Å². The number of piperazine rings is 1. The Balaban J connectivity index is 2.08. The smallest absolute Gasteiger partial charge is 0.0332 e. The molecule has 2 unspecified atom stereocenters. The van der Waals surface area contributed by atoms with Gasteiger partial charge in [0.25, 0.3) is 0 Å². The predicted octanol–water partition coefficient (Wildman–Crippen LogP) is 4.50. The molecule has 1 aliphatic rings. The highest BCUT2D eigenvalue weighted by Crippen LogP contribution is 2.27. The summed E-state index contributed by atoms with van der Waals surface area (Å²) in [5.74, 6) is 0.755. The lowest BCUT2D eigenvalue weighted by Crippen LogP contribution is -2.62. The second-order valence-electron chi connectivity index (χ2n) is 6.71. The fourth-order valence-electron chi connectivity index (χ4n) is 2.96. The molecule has 2 rings (SSSR count). The van der Waals surface area contributed by atoms with Crippen LogP contribution in [0.1, 0.15) is 45.4 Å². The Morgan fingerprint density at radius 2 is 2.30 bits per heavy atom. The van der Waals surface area contributed by atoms with E-state index in [9.17, 15) is 0 Å². The van der Waals surface area contributed by atoms with Crippen molar-refractivity contribution < 1.29 is 0 Å². The highest BCUT2D eigenvalue weighted by molar-refractivity contribution is 9.10. The fraction of sp³-hybridized carbons (Fsp3) is 0.750. The lowest BCUT2D eigenvalue weighted by molar-refractivity contribution is 0.0673. The Hall–Kier alpha value is 0.1000. The van der Waals surface area contributed by atoms with Crippen LogP contribution in [-0.4, -0.2) is 29.6 Å². The van der Waals surface area contributed by atoms with Crippen molar-refractivity contribution in [3.63, 3.8) is 0 Å². The molecule has 1 fully saturated rings. The van der Waals surface area contributed by atoms with Crippen LogP contribution >= 0.6 is 27.3 Å². The zero-order valence-electron chi connectivity index (χ0n) is 13.1. The monoisotopic (exact) mass is 358 g/mol. The van der Waals surface area contributed by atoms with Gasteiger partial charge in [-0.3, -0.25) is 4.90 Å². The number of nitrogens with zero attached hydrogens (tertiary/aromatic N) is 1. The number of hydrogen-bond acceptors (Lipinski definition) is 3. The first-order chi connectivity index (χ1) is 9.42. The molecule has 0 radical (unpaired) electrons. The molecule has 114 valence electrons. The molecule has 0 bridgehead atoms. The van der Waals surface area contributed by atoms with E-state index in [1.807, 2.05) is 11.3 Å². The summed E-state index contributed by atoms with van der Waals surface area (Å²) in [6.07, 6.45) is 2.46. The van der Waals surface area contributed by atoms with Crippen LogP contribution in [0.25, 0.3) is 0 Å². The number of nitrogens with one attached hydrogen (secondary N) is 1. The minimum absolute atomic E-state index is 0.266. The van der Waals surface area contributed by atoms with Crippen molar-refractivity contribution in [2.75, 3.05) is 13.1 Å². The molecule has 1 N–H and O–H groups in total. The van der Waals surface area contributed by atoms with E-state index >= 15 is 0 Å². The van der Waals surface area contributed by atoms with E-state index in [-0.39, 0.29) is 5.54 Å². The van der Waals surface area contributed by atoms with Crippen LogP contribution in [0.3, 0.4) is 0 Å². The van der Waals surface area contributed by atoms with Crippen LogP contribution in [0.4, 0.5) is 0 Å². The molecule has 0 spiro atoms. The fourth-order valence-corrected chi connectivity index (χ4v) is 4.44. The molecule has 1 aromatic heterocycles. The van der Waals surface area contributed by atoms with Crippen molar-refractivity contribution in [2.45, 2.75) is 58.7 Å². The number of hydrogen-bond donors (Lipinski definition) is 1. The molecule has 4 heteroatoms. The van der Waals surface area contributed by atoms with Gasteiger partial charge in [0.2, 0.25) is 0 Å². The second kappa shape index (κ2) is 6.91. The van der Waals surface area contributed by atoms with E-state index in [0.29, 0.717) is 6.04 Å². The quantitative estimate of drug-likeness (QED) is 0.833. The lowest BCUT2D eigenvalue weighted by atomic mass is 9.90. The van der Waals surface area contributed by atoms with Crippen molar-refractivity contribution in [2.24, 2.45) is 5.92 Å². The van der Waals surface area contributed by atoms with Gasteiger partial charge in [0.05, 0.1) is 0 Å². The average molecular weight is 359 g/mol. The number of thiophene rings is 1. The summed E-state index contributed by atoms with van der Waals surface area (Å²) >= 11 is 5.43. The molecule has 2 heterocycles. The topological polar surface area (TPSA) is 15.3 Å². The third-order valence-electron chi connectivity index (χ3n) is 4.34. The van der Waals surface area contributed by atoms with E-state index in [0.717, 1.165) is 25.6 Å². The third kappa shape index (κ3) is 4.30. The van der Waals surface area contributed by atoms with Gasteiger partial charge in [-0.15, -0.1) is 11.3 Å². The van der Waals surface area contributed by atoms with Crippen molar-refractivity contribution >= 4 is 27.3 Å². The lowest BCUT2D eigenvalue weighted by Gasteiger charge is -2.46. The van der Waals surface area contributed by atoms with Gasteiger partial charge in [-0.25, -0.2) is 0 Å². The first-order valence-corrected chi connectivity index (χ1v) is 9.31. The minimum atomic E-state index is 0.266. The van der Waals surface area contributed by atoms with Gasteiger partial charge in [0, 0.05) is 45.9 Å². The maximum Gasteiger partial charge on any atom is 0.0332 e. The van der Waals surface area contributed by atoms with E-state index < -0.39 is 0 Å². The molecule has 0 saturated carbocycles. The Kier molecular flexibility index (Phi) is 5.69. The van der Waals surface area contributed by atoms with E-state index in [2.05, 4.69) is 65.3 Å². The number of halogens is 1. The first kappa shape index (κ1) is 16.5. The molecular weight excluding hydrogens is 332 g/mol. The summed E-state index contributed by atoms with van der Waals surface area (Å²) in [6.45, 7) is 12.7. The Morgan fingerprint density at radius 1 is 1.55 bits per heavy atom. The summed E-state index contributed by atoms with van der Waals surface area (Å²) in [4.78, 5) is 4.16. The predicted molar refractivity (Wildman–Crippen MR) is 92.4 cm³/mol. The van der Waals surface area contributed by atoms with Gasteiger partial charge in [-0.05, 0) is 47.7 Å². The molecule has 2 atom stereocenters. The molecule has 0 aliphatic carbocycles. The molecule has 20 heavy (non-hydrogen) atoms. The molecule has 0 aromatic carbocycles. The molecule has 1 saturated heterocycles. The van der Waals surface area contributed by atoms with E-state index in [1.54, 1.807) is 0 Å². The maximum absolute atomic E-state index is 3.77. The Labute approximate surface area is 136 Å². The van der Waals surface area contributed by atoms with Crippen LogP contribution < -0.4 is 5.32 Å². The maximum atomic E-state index is 3.77. The van der Waals surface area contributed by atoms with E-state index in [4.69, 9.17) is 0 Å². The number of rotatable bonds is 5. The highest BCUT2D eigenvalue weighted by atomic mass is 79.9. The zero-order valence-corrected chi connectivity index (χ0v) is 15.5. The Morgan fingerprint density at radius 3 is 2.85 bits per heavy atom. The van der Waals surface area contributed by atoms with Crippen molar-refractivity contribution in [1.82, 2.24) is 10.2 Å². The molecule has 1 aliphatic heterocycles. The molecule has 1 aromatic rings. The van der Waals surface area contributed by atoms with E-state index in [1.165, 1.54) is 22.2 Å². The van der Waals surface area contributed by atoms with Crippen LogP contribution in [-0.2, 0) is 6.54 Å². The Bertz CT molecular complexity index is 432. The van der Waals surface area contributed by atoms with Gasteiger partial charge in [-0.1, -0.05) is 20.8 Å².